The van der Waals surface area contributed by atoms with Crippen molar-refractivity contribution in [3.8, 4) is 5.88 Å². The Hall–Kier alpha value is -2.88. The van der Waals surface area contributed by atoms with Gasteiger partial charge in [0.1, 0.15) is 5.82 Å². The molecule has 1 saturated heterocycles. The fraction of sp³-hybridized carbons (Fsp3) is 0.421. The molecule has 7 nitrogen and oxygen atoms in total. The lowest BCUT2D eigenvalue weighted by atomic mass is 10.2. The predicted molar refractivity (Wildman–Crippen MR) is 100 cm³/mol. The maximum Gasteiger partial charge on any atom is 0.422 e. The van der Waals surface area contributed by atoms with Crippen molar-refractivity contribution in [2.24, 2.45) is 0 Å². The molecule has 0 atom stereocenters. The highest BCUT2D eigenvalue weighted by Crippen LogP contribution is 2.25. The number of hydrogen-bond acceptors (Lipinski definition) is 6. The molecule has 1 fully saturated rings. The lowest BCUT2D eigenvalue weighted by molar-refractivity contribution is -0.154. The van der Waals surface area contributed by atoms with E-state index in [4.69, 9.17) is 9.47 Å². The van der Waals surface area contributed by atoms with Crippen LogP contribution in [0.1, 0.15) is 11.1 Å². The summed E-state index contributed by atoms with van der Waals surface area (Å²) >= 11 is 0. The van der Waals surface area contributed by atoms with Crippen LogP contribution in [-0.2, 0) is 11.3 Å². The average Bonchev–Trinajstić information content (AvgIpc) is 3.09. The molecule has 154 valence electrons. The van der Waals surface area contributed by atoms with Crippen LogP contribution in [0.4, 0.5) is 19.0 Å². The number of rotatable bonds is 5. The molecule has 0 N–H and O–H groups in total. The third-order valence-electron chi connectivity index (χ3n) is 4.57. The molecule has 0 aliphatic carbocycles. The Morgan fingerprint density at radius 2 is 2.00 bits per heavy atom. The second-order valence-electron chi connectivity index (χ2n) is 6.86. The minimum absolute atomic E-state index is 0.0181. The number of nitrogens with zero attached hydrogens (tertiary/aromatic N) is 5. The zero-order valence-electron chi connectivity index (χ0n) is 15.8. The lowest BCUT2D eigenvalue weighted by Gasteiger charge is -2.28. The van der Waals surface area contributed by atoms with E-state index in [0.717, 1.165) is 35.4 Å². The van der Waals surface area contributed by atoms with Crippen LogP contribution in [0, 0.1) is 6.92 Å². The molecule has 0 radical (unpaired) electrons. The van der Waals surface area contributed by atoms with Gasteiger partial charge in [-0.2, -0.15) is 18.3 Å². The summed E-state index contributed by atoms with van der Waals surface area (Å²) in [6, 6.07) is 3.61. The van der Waals surface area contributed by atoms with Gasteiger partial charge >= 0.3 is 6.18 Å². The van der Waals surface area contributed by atoms with E-state index in [1.807, 2.05) is 12.3 Å². The third-order valence-corrected chi connectivity index (χ3v) is 4.57. The van der Waals surface area contributed by atoms with E-state index in [1.165, 1.54) is 6.20 Å². The molecule has 0 unspecified atom stereocenters. The van der Waals surface area contributed by atoms with Crippen LogP contribution in [0.15, 0.2) is 30.7 Å². The summed E-state index contributed by atoms with van der Waals surface area (Å²) in [5, 5.41) is 5.54. The van der Waals surface area contributed by atoms with Crippen LogP contribution < -0.4 is 9.64 Å². The minimum Gasteiger partial charge on any atom is -0.468 e. The van der Waals surface area contributed by atoms with E-state index in [1.54, 1.807) is 23.9 Å². The number of ether oxygens (including phenoxy) is 2. The largest absolute Gasteiger partial charge is 0.468 e. The first-order chi connectivity index (χ1) is 13.9. The van der Waals surface area contributed by atoms with Crippen molar-refractivity contribution in [2.45, 2.75) is 19.6 Å². The number of halogens is 3. The van der Waals surface area contributed by atoms with Crippen LogP contribution >= 0.6 is 0 Å². The van der Waals surface area contributed by atoms with Crippen LogP contribution in [0.3, 0.4) is 0 Å². The zero-order valence-corrected chi connectivity index (χ0v) is 15.8. The first-order valence-electron chi connectivity index (χ1n) is 9.19. The third kappa shape index (κ3) is 4.58. The Bertz CT molecular complexity index is 999. The van der Waals surface area contributed by atoms with Crippen molar-refractivity contribution < 1.29 is 22.6 Å². The Morgan fingerprint density at radius 3 is 2.72 bits per heavy atom. The summed E-state index contributed by atoms with van der Waals surface area (Å²) in [5.41, 5.74) is 2.19. The van der Waals surface area contributed by atoms with Gasteiger partial charge in [-0.15, -0.1) is 0 Å². The minimum atomic E-state index is -4.39. The number of fused-ring (bicyclic) bond motifs is 1. The Labute approximate surface area is 165 Å². The van der Waals surface area contributed by atoms with Crippen molar-refractivity contribution in [3.05, 3.63) is 41.9 Å². The van der Waals surface area contributed by atoms with Gasteiger partial charge in [0.25, 0.3) is 0 Å². The number of aromatic nitrogens is 4. The van der Waals surface area contributed by atoms with Gasteiger partial charge in [-0.25, -0.2) is 9.97 Å². The molecule has 3 aromatic rings. The van der Waals surface area contributed by atoms with E-state index in [-0.39, 0.29) is 5.88 Å². The van der Waals surface area contributed by atoms with Crippen LogP contribution in [-0.4, -0.2) is 58.8 Å². The number of hydrogen-bond donors (Lipinski definition) is 0. The predicted octanol–water partition coefficient (Wildman–Crippen LogP) is 2.96. The molecule has 0 bridgehead atoms. The summed E-state index contributed by atoms with van der Waals surface area (Å²) in [6.45, 7) is 3.63. The standard InChI is InChI=1S/C19H20F3N5O2/c1-13-8-14(9-24-18(13)29-12-19(20,21)22)10-27-11-15-16(25-27)2-3-23-17(15)26-4-6-28-7-5-26/h2-3,8-9,11H,4-7,10,12H2,1H3. The van der Waals surface area contributed by atoms with Gasteiger partial charge in [0, 0.05) is 37.2 Å². The van der Waals surface area contributed by atoms with Gasteiger partial charge in [0.15, 0.2) is 6.61 Å². The van der Waals surface area contributed by atoms with Gasteiger partial charge in [-0.1, -0.05) is 0 Å². The van der Waals surface area contributed by atoms with E-state index in [0.29, 0.717) is 25.3 Å². The normalized spacial score (nSPS) is 15.1. The van der Waals surface area contributed by atoms with Gasteiger partial charge in [0.2, 0.25) is 5.88 Å². The smallest absolute Gasteiger partial charge is 0.422 e. The van der Waals surface area contributed by atoms with Crippen LogP contribution in [0.5, 0.6) is 5.88 Å². The van der Waals surface area contributed by atoms with Crippen molar-refractivity contribution in [2.75, 3.05) is 37.8 Å². The molecule has 3 aromatic heterocycles. The van der Waals surface area contributed by atoms with Crippen LogP contribution in [0.2, 0.25) is 0 Å². The molecule has 1 aliphatic heterocycles. The highest BCUT2D eigenvalue weighted by Gasteiger charge is 2.29. The summed E-state index contributed by atoms with van der Waals surface area (Å²) in [6.07, 6.45) is 0.778. The molecule has 0 aromatic carbocycles. The molecule has 0 saturated carbocycles. The summed E-state index contributed by atoms with van der Waals surface area (Å²) < 4.78 is 48.9. The molecule has 4 rings (SSSR count). The fourth-order valence-electron chi connectivity index (χ4n) is 3.28. The zero-order chi connectivity index (χ0) is 20.4. The molecule has 0 spiro atoms. The van der Waals surface area contributed by atoms with Crippen molar-refractivity contribution >= 4 is 16.7 Å². The van der Waals surface area contributed by atoms with Crippen molar-refractivity contribution in [1.29, 1.82) is 0 Å². The molecule has 0 amide bonds. The Balaban J connectivity index is 1.53. The van der Waals surface area contributed by atoms with Crippen LogP contribution in [0.25, 0.3) is 10.9 Å². The van der Waals surface area contributed by atoms with Gasteiger partial charge < -0.3 is 14.4 Å². The molecular formula is C19H20F3N5O2. The molecular weight excluding hydrogens is 387 g/mol. The summed E-state index contributed by atoms with van der Waals surface area (Å²) in [7, 11) is 0. The second-order valence-corrected chi connectivity index (χ2v) is 6.86. The van der Waals surface area contributed by atoms with Gasteiger partial charge in [-0.3, -0.25) is 4.68 Å². The maximum atomic E-state index is 12.3. The van der Waals surface area contributed by atoms with Gasteiger partial charge in [-0.05, 0) is 24.6 Å². The van der Waals surface area contributed by atoms with E-state index >= 15 is 0 Å². The molecule has 1 aliphatic rings. The highest BCUT2D eigenvalue weighted by molar-refractivity contribution is 5.89. The molecule has 10 heteroatoms. The number of aryl methyl sites for hydroxylation is 1. The Morgan fingerprint density at radius 1 is 1.21 bits per heavy atom. The number of morpholine rings is 1. The highest BCUT2D eigenvalue weighted by atomic mass is 19.4. The summed E-state index contributed by atoms with van der Waals surface area (Å²) in [5.74, 6) is 0.859. The van der Waals surface area contributed by atoms with E-state index in [2.05, 4.69) is 20.0 Å². The average molecular weight is 407 g/mol. The first-order valence-corrected chi connectivity index (χ1v) is 9.19. The quantitative estimate of drug-likeness (QED) is 0.648. The second kappa shape index (κ2) is 7.86. The van der Waals surface area contributed by atoms with Gasteiger partial charge in [0.05, 0.1) is 30.7 Å². The van der Waals surface area contributed by atoms with E-state index in [9.17, 15) is 13.2 Å². The van der Waals surface area contributed by atoms with E-state index < -0.39 is 12.8 Å². The van der Waals surface area contributed by atoms with Crippen molar-refractivity contribution in [1.82, 2.24) is 19.7 Å². The number of alkyl halides is 3. The Kier molecular flexibility index (Phi) is 5.27. The monoisotopic (exact) mass is 407 g/mol. The number of anilines is 1. The summed E-state index contributed by atoms with van der Waals surface area (Å²) in [4.78, 5) is 10.7. The fourth-order valence-corrected chi connectivity index (χ4v) is 3.28. The maximum absolute atomic E-state index is 12.3. The first kappa shape index (κ1) is 19.4. The lowest BCUT2D eigenvalue weighted by Crippen LogP contribution is -2.36. The molecule has 4 heterocycles. The topological polar surface area (TPSA) is 65.3 Å². The molecule has 29 heavy (non-hydrogen) atoms. The van der Waals surface area contributed by atoms with Crippen molar-refractivity contribution in [3.63, 3.8) is 0 Å². The number of pyridine rings is 2. The SMILES string of the molecule is Cc1cc(Cn2cc3c(N4CCOCC4)nccc3n2)cnc1OCC(F)(F)F.